The number of carboxylic acid groups (broad SMARTS) is 1. The number of anilines is 1. The van der Waals surface area contributed by atoms with Gasteiger partial charge in [0.25, 0.3) is 5.91 Å². The number of aromatic nitrogens is 1. The fraction of sp³-hybridized carbons (Fsp3) is 0.333. The second kappa shape index (κ2) is 8.32. The average molecular weight is 405 g/mol. The number of fused-ring (bicyclic) bond motifs is 1. The van der Waals surface area contributed by atoms with Gasteiger partial charge in [0.1, 0.15) is 6.04 Å². The number of likely N-dealkylation sites (tertiary alicyclic amines) is 1. The van der Waals surface area contributed by atoms with Gasteiger partial charge in [-0.05, 0) is 48.6 Å². The molecule has 1 aliphatic rings. The Morgan fingerprint density at radius 2 is 1.80 bits per heavy atom. The molecule has 3 aromatic rings. The predicted molar refractivity (Wildman–Crippen MR) is 118 cm³/mol. The van der Waals surface area contributed by atoms with Crippen LogP contribution in [0.4, 0.5) is 5.69 Å². The van der Waals surface area contributed by atoms with Crippen molar-refractivity contribution in [1.29, 1.82) is 0 Å². The van der Waals surface area contributed by atoms with Gasteiger partial charge in [-0.3, -0.25) is 14.5 Å². The van der Waals surface area contributed by atoms with Crippen molar-refractivity contribution in [3.8, 4) is 0 Å². The Morgan fingerprint density at radius 1 is 1.10 bits per heavy atom. The number of nitrogens with one attached hydrogen (secondary N) is 2. The van der Waals surface area contributed by atoms with E-state index in [9.17, 15) is 14.7 Å². The number of aromatic amines is 1. The summed E-state index contributed by atoms with van der Waals surface area (Å²) in [5, 5.41) is 13.8. The van der Waals surface area contributed by atoms with E-state index in [1.807, 2.05) is 36.4 Å². The molecule has 0 aliphatic carbocycles. The molecule has 1 amide bonds. The molecule has 156 valence electrons. The number of nitrogens with zero attached hydrogens (tertiary/aromatic N) is 1. The fourth-order valence-electron chi connectivity index (χ4n) is 4.65. The Hall–Kier alpha value is -3.12. The van der Waals surface area contributed by atoms with Crippen LogP contribution in [-0.2, 0) is 4.79 Å². The number of H-pyrrole nitrogens is 1. The van der Waals surface area contributed by atoms with Crippen LogP contribution >= 0.6 is 0 Å². The molecule has 6 heteroatoms. The van der Waals surface area contributed by atoms with Crippen LogP contribution in [-0.4, -0.2) is 40.0 Å². The topological polar surface area (TPSA) is 85.4 Å². The summed E-state index contributed by atoms with van der Waals surface area (Å²) in [4.78, 5) is 30.1. The monoisotopic (exact) mass is 405 g/mol. The molecule has 0 bridgehead atoms. The number of hydrogen-bond donors (Lipinski definition) is 3. The van der Waals surface area contributed by atoms with E-state index in [2.05, 4.69) is 29.0 Å². The average Bonchev–Trinajstić information content (AvgIpc) is 3.11. The Bertz CT molecular complexity index is 1050. The number of carbonyl (C=O) groups excluding carboxylic acids is 1. The minimum Gasteiger partial charge on any atom is -0.480 e. The highest BCUT2D eigenvalue weighted by molar-refractivity contribution is 6.05. The lowest BCUT2D eigenvalue weighted by Gasteiger charge is -2.38. The highest BCUT2D eigenvalue weighted by Gasteiger charge is 2.34. The van der Waals surface area contributed by atoms with Crippen molar-refractivity contribution in [1.82, 2.24) is 9.88 Å². The molecular weight excluding hydrogens is 378 g/mol. The minimum atomic E-state index is -0.851. The second-order valence-electron chi connectivity index (χ2n) is 8.47. The molecule has 6 nitrogen and oxygen atoms in total. The highest BCUT2D eigenvalue weighted by Crippen LogP contribution is 2.34. The van der Waals surface area contributed by atoms with Crippen LogP contribution in [0, 0.1) is 11.8 Å². The van der Waals surface area contributed by atoms with Gasteiger partial charge in [-0.2, -0.15) is 0 Å². The Labute approximate surface area is 175 Å². The quantitative estimate of drug-likeness (QED) is 0.582. The van der Waals surface area contributed by atoms with E-state index in [4.69, 9.17) is 0 Å². The maximum absolute atomic E-state index is 12.5. The van der Waals surface area contributed by atoms with Gasteiger partial charge < -0.3 is 15.4 Å². The number of aliphatic carboxylic acids is 1. The zero-order valence-electron chi connectivity index (χ0n) is 17.3. The largest absolute Gasteiger partial charge is 0.480 e. The second-order valence-corrected chi connectivity index (χ2v) is 8.47. The predicted octanol–water partition coefficient (Wildman–Crippen LogP) is 4.52. The van der Waals surface area contributed by atoms with Crippen LogP contribution < -0.4 is 5.32 Å². The van der Waals surface area contributed by atoms with E-state index >= 15 is 0 Å². The van der Waals surface area contributed by atoms with Crippen LogP contribution in [0.2, 0.25) is 0 Å². The van der Waals surface area contributed by atoms with Crippen molar-refractivity contribution in [2.24, 2.45) is 11.8 Å². The summed E-state index contributed by atoms with van der Waals surface area (Å²) in [5.41, 5.74) is 2.80. The van der Waals surface area contributed by atoms with Crippen LogP contribution in [0.1, 0.15) is 42.2 Å². The third-order valence-corrected chi connectivity index (χ3v) is 5.80. The molecule has 1 fully saturated rings. The standard InChI is InChI=1S/C24H27N3O3/c1-15-10-16(2)14-27(13-15)22(24(29)30)20-12-25-21-9-8-18(11-19(20)21)26-23(28)17-6-4-3-5-7-17/h3-9,11-12,15-16,22,25H,10,13-14H2,1-2H3,(H,26,28)(H,29,30)/t15-,16+,22-/m0/s1. The molecule has 0 saturated carbocycles. The molecule has 4 rings (SSSR count). The molecule has 2 heterocycles. The van der Waals surface area contributed by atoms with Gasteiger partial charge in [0, 0.05) is 47.0 Å². The summed E-state index contributed by atoms with van der Waals surface area (Å²) < 4.78 is 0. The zero-order chi connectivity index (χ0) is 21.3. The van der Waals surface area contributed by atoms with Crippen LogP contribution in [0.3, 0.4) is 0 Å². The molecular formula is C24H27N3O3. The molecule has 30 heavy (non-hydrogen) atoms. The first-order valence-electron chi connectivity index (χ1n) is 10.4. The molecule has 0 spiro atoms. The van der Waals surface area contributed by atoms with Gasteiger partial charge in [0.15, 0.2) is 0 Å². The van der Waals surface area contributed by atoms with Gasteiger partial charge in [0.05, 0.1) is 0 Å². The van der Waals surface area contributed by atoms with Crippen molar-refractivity contribution in [3.05, 3.63) is 65.9 Å². The summed E-state index contributed by atoms with van der Waals surface area (Å²) in [6.45, 7) is 5.87. The van der Waals surface area contributed by atoms with Crippen molar-refractivity contribution >= 4 is 28.5 Å². The van der Waals surface area contributed by atoms with Gasteiger partial charge in [0.2, 0.25) is 0 Å². The molecule has 2 aromatic carbocycles. The Kier molecular flexibility index (Phi) is 5.59. The van der Waals surface area contributed by atoms with E-state index in [0.717, 1.165) is 36.0 Å². The van der Waals surface area contributed by atoms with Crippen molar-refractivity contribution in [3.63, 3.8) is 0 Å². The maximum Gasteiger partial charge on any atom is 0.325 e. The number of carboxylic acids is 1. The minimum absolute atomic E-state index is 0.194. The van der Waals surface area contributed by atoms with Gasteiger partial charge >= 0.3 is 5.97 Å². The van der Waals surface area contributed by atoms with E-state index in [1.54, 1.807) is 18.3 Å². The summed E-state index contributed by atoms with van der Waals surface area (Å²) in [6, 6.07) is 13.9. The molecule has 1 aromatic heterocycles. The highest BCUT2D eigenvalue weighted by atomic mass is 16.4. The molecule has 0 radical (unpaired) electrons. The van der Waals surface area contributed by atoms with E-state index < -0.39 is 12.0 Å². The smallest absolute Gasteiger partial charge is 0.325 e. The lowest BCUT2D eigenvalue weighted by atomic mass is 9.89. The molecule has 3 N–H and O–H groups in total. The first-order valence-corrected chi connectivity index (χ1v) is 10.4. The Morgan fingerprint density at radius 3 is 2.47 bits per heavy atom. The van der Waals surface area contributed by atoms with Crippen molar-refractivity contribution < 1.29 is 14.7 Å². The molecule has 3 atom stereocenters. The number of piperidine rings is 1. The van der Waals surface area contributed by atoms with Crippen LogP contribution in [0.15, 0.2) is 54.7 Å². The lowest BCUT2D eigenvalue weighted by molar-refractivity contribution is -0.144. The summed E-state index contributed by atoms with van der Waals surface area (Å²) in [5.74, 6) is -0.125. The fourth-order valence-corrected chi connectivity index (χ4v) is 4.65. The number of amides is 1. The number of hydrogen-bond acceptors (Lipinski definition) is 3. The molecule has 1 aliphatic heterocycles. The van der Waals surface area contributed by atoms with Gasteiger partial charge in [-0.15, -0.1) is 0 Å². The lowest BCUT2D eigenvalue weighted by Crippen LogP contribution is -2.43. The number of rotatable bonds is 5. The van der Waals surface area contributed by atoms with Gasteiger partial charge in [-0.1, -0.05) is 32.0 Å². The molecule has 0 unspecified atom stereocenters. The van der Waals surface area contributed by atoms with Crippen LogP contribution in [0.25, 0.3) is 10.9 Å². The number of benzene rings is 2. The normalized spacial score (nSPS) is 20.7. The summed E-state index contributed by atoms with van der Waals surface area (Å²) in [6.07, 6.45) is 2.91. The van der Waals surface area contributed by atoms with Crippen molar-refractivity contribution in [2.75, 3.05) is 18.4 Å². The van der Waals surface area contributed by atoms with E-state index in [0.29, 0.717) is 23.1 Å². The first kappa shape index (κ1) is 20.2. The van der Waals surface area contributed by atoms with Gasteiger partial charge in [-0.25, -0.2) is 0 Å². The zero-order valence-corrected chi connectivity index (χ0v) is 17.3. The Balaban J connectivity index is 1.66. The third kappa shape index (κ3) is 4.09. The molecule has 1 saturated heterocycles. The third-order valence-electron chi connectivity index (χ3n) is 5.80. The van der Waals surface area contributed by atoms with E-state index in [1.165, 1.54) is 0 Å². The summed E-state index contributed by atoms with van der Waals surface area (Å²) in [7, 11) is 0. The summed E-state index contributed by atoms with van der Waals surface area (Å²) >= 11 is 0. The maximum atomic E-state index is 12.5. The SMILES string of the molecule is C[C@@H]1C[C@H](C)CN([C@H](C(=O)O)c2c[nH]c3ccc(NC(=O)c4ccccc4)cc23)C1. The van der Waals surface area contributed by atoms with Crippen molar-refractivity contribution in [2.45, 2.75) is 26.3 Å². The number of carbonyl (C=O) groups is 2. The first-order chi connectivity index (χ1) is 14.4. The van der Waals surface area contributed by atoms with E-state index in [-0.39, 0.29) is 5.91 Å². The van der Waals surface area contributed by atoms with Crippen LogP contribution in [0.5, 0.6) is 0 Å².